The molecule has 3 heterocycles. The summed E-state index contributed by atoms with van der Waals surface area (Å²) >= 11 is 0. The monoisotopic (exact) mass is 346 g/mol. The zero-order chi connectivity index (χ0) is 18.4. The van der Waals surface area contributed by atoms with E-state index in [4.69, 9.17) is 9.47 Å². The number of aromatic nitrogens is 4. The van der Waals surface area contributed by atoms with Crippen molar-refractivity contribution in [2.45, 2.75) is 58.3 Å². The number of nitrogens with zero attached hydrogens (tertiary/aromatic N) is 4. The standard InChI is InChI=1S/C18H26N4O3/c1-7-24-16(23)13-8-14(12-10-19-21(6)11-12)22(20-13)15-9-17(2,3)25-18(15,4)5/h8,10-11,15H,7,9H2,1-6H3. The van der Waals surface area contributed by atoms with Crippen LogP contribution < -0.4 is 0 Å². The molecule has 7 heteroatoms. The molecule has 1 saturated heterocycles. The van der Waals surface area contributed by atoms with Gasteiger partial charge in [0, 0.05) is 25.2 Å². The number of carbonyl (C=O) groups is 1. The van der Waals surface area contributed by atoms with Gasteiger partial charge in [-0.15, -0.1) is 0 Å². The molecule has 0 aliphatic carbocycles. The molecule has 136 valence electrons. The smallest absolute Gasteiger partial charge is 0.358 e. The molecule has 0 bridgehead atoms. The van der Waals surface area contributed by atoms with Crippen LogP contribution in [0.3, 0.4) is 0 Å². The molecule has 0 N–H and O–H groups in total. The number of esters is 1. The van der Waals surface area contributed by atoms with Crippen LogP contribution in [0.1, 0.15) is 57.6 Å². The molecule has 7 nitrogen and oxygen atoms in total. The summed E-state index contributed by atoms with van der Waals surface area (Å²) in [6.07, 6.45) is 4.49. The summed E-state index contributed by atoms with van der Waals surface area (Å²) in [6.45, 7) is 10.4. The van der Waals surface area contributed by atoms with Gasteiger partial charge in [-0.25, -0.2) is 4.79 Å². The fourth-order valence-corrected chi connectivity index (χ4v) is 3.62. The Labute approximate surface area is 147 Å². The van der Waals surface area contributed by atoms with Gasteiger partial charge in [0.2, 0.25) is 0 Å². The van der Waals surface area contributed by atoms with Crippen molar-refractivity contribution in [1.82, 2.24) is 19.6 Å². The quantitative estimate of drug-likeness (QED) is 0.796. The minimum absolute atomic E-state index is 0.000817. The Hall–Kier alpha value is -2.15. The lowest BCUT2D eigenvalue weighted by atomic mass is 9.94. The average Bonchev–Trinajstić information content (AvgIpc) is 3.14. The highest BCUT2D eigenvalue weighted by Gasteiger charge is 2.48. The van der Waals surface area contributed by atoms with Crippen molar-refractivity contribution in [2.24, 2.45) is 7.05 Å². The highest BCUT2D eigenvalue weighted by atomic mass is 16.5. The van der Waals surface area contributed by atoms with Crippen LogP contribution in [0.2, 0.25) is 0 Å². The summed E-state index contributed by atoms with van der Waals surface area (Å²) in [5.74, 6) is -0.414. The third kappa shape index (κ3) is 3.33. The van der Waals surface area contributed by atoms with Gasteiger partial charge in [0.15, 0.2) is 5.69 Å². The van der Waals surface area contributed by atoms with Crippen molar-refractivity contribution < 1.29 is 14.3 Å². The van der Waals surface area contributed by atoms with Crippen LogP contribution in [-0.4, -0.2) is 43.3 Å². The van der Waals surface area contributed by atoms with Crippen LogP contribution in [0.25, 0.3) is 11.3 Å². The van der Waals surface area contributed by atoms with Crippen molar-refractivity contribution in [3.63, 3.8) is 0 Å². The van der Waals surface area contributed by atoms with E-state index in [-0.39, 0.29) is 11.6 Å². The normalized spacial score (nSPS) is 21.4. The maximum atomic E-state index is 12.2. The molecule has 1 unspecified atom stereocenters. The van der Waals surface area contributed by atoms with Crippen LogP contribution in [0.5, 0.6) is 0 Å². The molecule has 1 aliphatic rings. The molecule has 3 rings (SSSR count). The minimum Gasteiger partial charge on any atom is -0.461 e. The van der Waals surface area contributed by atoms with E-state index in [0.29, 0.717) is 12.3 Å². The van der Waals surface area contributed by atoms with E-state index in [1.165, 1.54) is 0 Å². The Balaban J connectivity index is 2.09. The molecular formula is C18H26N4O3. The molecule has 0 radical (unpaired) electrons. The molecule has 2 aromatic rings. The molecule has 1 atom stereocenters. The third-order valence-electron chi connectivity index (χ3n) is 4.54. The fraction of sp³-hybridized carbons (Fsp3) is 0.611. The van der Waals surface area contributed by atoms with Crippen LogP contribution in [-0.2, 0) is 16.5 Å². The lowest BCUT2D eigenvalue weighted by Gasteiger charge is -2.28. The van der Waals surface area contributed by atoms with E-state index in [2.05, 4.69) is 37.9 Å². The lowest BCUT2D eigenvalue weighted by molar-refractivity contribution is -0.0736. The molecule has 1 aliphatic heterocycles. The largest absolute Gasteiger partial charge is 0.461 e. The van der Waals surface area contributed by atoms with Gasteiger partial charge in [0.1, 0.15) is 0 Å². The maximum absolute atomic E-state index is 12.2. The summed E-state index contributed by atoms with van der Waals surface area (Å²) in [5, 5.41) is 8.83. The number of hydrogen-bond donors (Lipinski definition) is 0. The summed E-state index contributed by atoms with van der Waals surface area (Å²) < 4.78 is 15.0. The van der Waals surface area contributed by atoms with Crippen LogP contribution in [0.4, 0.5) is 0 Å². The highest BCUT2D eigenvalue weighted by molar-refractivity contribution is 5.88. The molecule has 0 spiro atoms. The topological polar surface area (TPSA) is 71.2 Å². The van der Waals surface area contributed by atoms with Crippen molar-refractivity contribution in [3.8, 4) is 11.3 Å². The van der Waals surface area contributed by atoms with Crippen molar-refractivity contribution >= 4 is 5.97 Å². The Morgan fingerprint density at radius 1 is 1.40 bits per heavy atom. The second-order valence-corrected chi connectivity index (χ2v) is 7.67. The van der Waals surface area contributed by atoms with Gasteiger partial charge in [0.25, 0.3) is 0 Å². The van der Waals surface area contributed by atoms with E-state index in [1.54, 1.807) is 23.9 Å². The SMILES string of the molecule is CCOC(=O)c1cc(-c2cnn(C)c2)n(C2CC(C)(C)OC2(C)C)n1. The third-order valence-corrected chi connectivity index (χ3v) is 4.54. The Kier molecular flexibility index (Phi) is 4.23. The molecular weight excluding hydrogens is 320 g/mol. The number of hydrogen-bond acceptors (Lipinski definition) is 5. The highest BCUT2D eigenvalue weighted by Crippen LogP contribution is 2.46. The summed E-state index contributed by atoms with van der Waals surface area (Å²) in [4.78, 5) is 12.2. The molecule has 0 saturated carbocycles. The first kappa shape index (κ1) is 17.7. The van der Waals surface area contributed by atoms with Crippen LogP contribution in [0, 0.1) is 0 Å². The Morgan fingerprint density at radius 2 is 2.12 bits per heavy atom. The first-order valence-electron chi connectivity index (χ1n) is 8.59. The molecule has 0 amide bonds. The van der Waals surface area contributed by atoms with Crippen molar-refractivity contribution in [3.05, 3.63) is 24.2 Å². The van der Waals surface area contributed by atoms with E-state index in [1.807, 2.05) is 17.9 Å². The van der Waals surface area contributed by atoms with Gasteiger partial charge in [-0.3, -0.25) is 9.36 Å². The van der Waals surface area contributed by atoms with Crippen molar-refractivity contribution in [1.29, 1.82) is 0 Å². The predicted octanol–water partition coefficient (Wildman–Crippen LogP) is 2.98. The summed E-state index contributed by atoms with van der Waals surface area (Å²) in [6, 6.07) is 1.78. The van der Waals surface area contributed by atoms with Gasteiger partial charge in [0.05, 0.1) is 35.7 Å². The Bertz CT molecular complexity index is 788. The summed E-state index contributed by atoms with van der Waals surface area (Å²) in [7, 11) is 1.86. The summed E-state index contributed by atoms with van der Waals surface area (Å²) in [5.41, 5.74) is 1.40. The molecule has 25 heavy (non-hydrogen) atoms. The van der Waals surface area contributed by atoms with Crippen LogP contribution in [0.15, 0.2) is 18.5 Å². The maximum Gasteiger partial charge on any atom is 0.358 e. The molecule has 0 aromatic carbocycles. The first-order valence-corrected chi connectivity index (χ1v) is 8.59. The van der Waals surface area contributed by atoms with E-state index < -0.39 is 11.6 Å². The second-order valence-electron chi connectivity index (χ2n) is 7.67. The van der Waals surface area contributed by atoms with Gasteiger partial charge < -0.3 is 9.47 Å². The molecule has 2 aromatic heterocycles. The fourth-order valence-electron chi connectivity index (χ4n) is 3.62. The number of aryl methyl sites for hydroxylation is 1. The van der Waals surface area contributed by atoms with Crippen molar-refractivity contribution in [2.75, 3.05) is 6.61 Å². The molecule has 1 fully saturated rings. The predicted molar refractivity (Wildman–Crippen MR) is 93.3 cm³/mol. The van der Waals surface area contributed by atoms with E-state index >= 15 is 0 Å². The number of rotatable bonds is 4. The average molecular weight is 346 g/mol. The van der Waals surface area contributed by atoms with Crippen LogP contribution >= 0.6 is 0 Å². The van der Waals surface area contributed by atoms with Gasteiger partial charge >= 0.3 is 5.97 Å². The number of carbonyl (C=O) groups excluding carboxylic acids is 1. The minimum atomic E-state index is -0.414. The zero-order valence-electron chi connectivity index (χ0n) is 15.7. The van der Waals surface area contributed by atoms with Gasteiger partial charge in [-0.05, 0) is 40.7 Å². The number of ether oxygens (including phenoxy) is 2. The van der Waals surface area contributed by atoms with E-state index in [9.17, 15) is 4.79 Å². The second kappa shape index (κ2) is 5.98. The zero-order valence-corrected chi connectivity index (χ0v) is 15.7. The first-order chi connectivity index (χ1) is 11.6. The van der Waals surface area contributed by atoms with Gasteiger partial charge in [-0.2, -0.15) is 10.2 Å². The van der Waals surface area contributed by atoms with Gasteiger partial charge in [-0.1, -0.05) is 0 Å². The Morgan fingerprint density at radius 3 is 2.64 bits per heavy atom. The van der Waals surface area contributed by atoms with E-state index in [0.717, 1.165) is 17.7 Å². The lowest BCUT2D eigenvalue weighted by Crippen LogP contribution is -2.32.